The Labute approximate surface area is 147 Å². The molecule has 24 heavy (non-hydrogen) atoms. The van der Waals surface area contributed by atoms with E-state index in [0.29, 0.717) is 6.61 Å². The van der Waals surface area contributed by atoms with Crippen molar-refractivity contribution in [2.75, 3.05) is 32.8 Å². The molecule has 1 aromatic carbocycles. The van der Waals surface area contributed by atoms with Crippen LogP contribution in [0, 0.1) is 0 Å². The fourth-order valence-electron chi connectivity index (χ4n) is 2.81. The second kappa shape index (κ2) is 9.13. The lowest BCUT2D eigenvalue weighted by atomic mass is 10.2. The topological polar surface area (TPSA) is 46.6 Å². The first-order valence-electron chi connectivity index (χ1n) is 8.47. The van der Waals surface area contributed by atoms with Crippen molar-refractivity contribution in [1.82, 2.24) is 15.2 Å². The minimum absolute atomic E-state index is 0.266. The average molecular weight is 347 g/mol. The fraction of sp³-hybridized carbons (Fsp3) is 0.500. The molecule has 5 nitrogen and oxygen atoms in total. The Balaban J connectivity index is 1.48. The molecule has 6 heteroatoms. The molecule has 0 spiro atoms. The summed E-state index contributed by atoms with van der Waals surface area (Å²) in [6.07, 6.45) is 0.266. The maximum absolute atomic E-state index is 5.92. The van der Waals surface area contributed by atoms with Gasteiger partial charge < -0.3 is 14.8 Å². The van der Waals surface area contributed by atoms with Crippen LogP contribution in [-0.4, -0.2) is 48.8 Å². The molecule has 130 valence electrons. The summed E-state index contributed by atoms with van der Waals surface area (Å²) in [5.41, 5.74) is 3.96. The van der Waals surface area contributed by atoms with Gasteiger partial charge in [-0.05, 0) is 12.6 Å². The summed E-state index contributed by atoms with van der Waals surface area (Å²) in [4.78, 5) is 6.69. The first-order valence-corrected chi connectivity index (χ1v) is 9.42. The van der Waals surface area contributed by atoms with Crippen LogP contribution in [0.5, 0.6) is 5.75 Å². The van der Waals surface area contributed by atoms with Crippen molar-refractivity contribution in [2.45, 2.75) is 26.2 Å². The number of ether oxygens (including phenoxy) is 2. The van der Waals surface area contributed by atoms with Crippen LogP contribution >= 0.6 is 11.3 Å². The average Bonchev–Trinajstić information content (AvgIpc) is 3.15. The van der Waals surface area contributed by atoms with Crippen LogP contribution in [0.4, 0.5) is 0 Å². The van der Waals surface area contributed by atoms with Crippen LogP contribution in [0.15, 0.2) is 35.2 Å². The van der Waals surface area contributed by atoms with Crippen molar-refractivity contribution in [3.05, 3.63) is 46.4 Å². The fourth-order valence-corrected chi connectivity index (χ4v) is 3.35. The molecule has 1 saturated heterocycles. The predicted molar refractivity (Wildman–Crippen MR) is 96.4 cm³/mol. The summed E-state index contributed by atoms with van der Waals surface area (Å²) in [6, 6.07) is 8.16. The number of morpholine rings is 1. The van der Waals surface area contributed by atoms with Gasteiger partial charge in [0.2, 0.25) is 0 Å². The number of para-hydroxylation sites is 1. The first-order chi connectivity index (χ1) is 11.8. The van der Waals surface area contributed by atoms with E-state index in [4.69, 9.17) is 9.47 Å². The standard InChI is InChI=1S/C18H25N3O2S/c1-2-21-7-8-22-17(11-21)10-19-9-15-5-3-4-6-18(15)23-12-16-13-24-14-20-16/h3-6,13-14,17,19H,2,7-12H2,1H3. The minimum atomic E-state index is 0.266. The van der Waals surface area contributed by atoms with Crippen LogP contribution in [0.2, 0.25) is 0 Å². The number of hydrogen-bond donors (Lipinski definition) is 1. The molecule has 0 saturated carbocycles. The zero-order chi connectivity index (χ0) is 16.6. The lowest BCUT2D eigenvalue weighted by Gasteiger charge is -2.32. The maximum Gasteiger partial charge on any atom is 0.131 e. The summed E-state index contributed by atoms with van der Waals surface area (Å²) >= 11 is 1.59. The molecule has 1 atom stereocenters. The van der Waals surface area contributed by atoms with Gasteiger partial charge in [0.25, 0.3) is 0 Å². The lowest BCUT2D eigenvalue weighted by Crippen LogP contribution is -2.46. The smallest absolute Gasteiger partial charge is 0.131 e. The Kier molecular flexibility index (Phi) is 6.60. The molecule has 0 amide bonds. The normalized spacial score (nSPS) is 18.6. The van der Waals surface area contributed by atoms with Gasteiger partial charge in [0.15, 0.2) is 0 Å². The van der Waals surface area contributed by atoms with E-state index in [1.807, 2.05) is 29.1 Å². The van der Waals surface area contributed by atoms with Crippen molar-refractivity contribution in [2.24, 2.45) is 0 Å². The third-order valence-electron chi connectivity index (χ3n) is 4.19. The van der Waals surface area contributed by atoms with E-state index < -0.39 is 0 Å². The number of aromatic nitrogens is 1. The molecular formula is C18H25N3O2S. The highest BCUT2D eigenvalue weighted by molar-refractivity contribution is 7.07. The highest BCUT2D eigenvalue weighted by Crippen LogP contribution is 2.19. The number of hydrogen-bond acceptors (Lipinski definition) is 6. The zero-order valence-corrected chi connectivity index (χ0v) is 14.9. The van der Waals surface area contributed by atoms with Crippen LogP contribution < -0.4 is 10.1 Å². The molecule has 1 unspecified atom stereocenters. The van der Waals surface area contributed by atoms with E-state index in [1.165, 1.54) is 0 Å². The molecule has 1 N–H and O–H groups in total. The Morgan fingerprint density at radius 1 is 1.42 bits per heavy atom. The number of thiazole rings is 1. The lowest BCUT2D eigenvalue weighted by molar-refractivity contribution is -0.0253. The van der Waals surface area contributed by atoms with Gasteiger partial charge in [-0.3, -0.25) is 4.90 Å². The van der Waals surface area contributed by atoms with Crippen LogP contribution in [-0.2, 0) is 17.9 Å². The summed E-state index contributed by atoms with van der Waals surface area (Å²) in [5.74, 6) is 0.915. The number of nitrogens with zero attached hydrogens (tertiary/aromatic N) is 2. The van der Waals surface area contributed by atoms with E-state index in [2.05, 4.69) is 28.2 Å². The van der Waals surface area contributed by atoms with Gasteiger partial charge in [0.1, 0.15) is 12.4 Å². The number of nitrogens with one attached hydrogen (secondary N) is 1. The molecule has 0 radical (unpaired) electrons. The van der Waals surface area contributed by atoms with Crippen molar-refractivity contribution >= 4 is 11.3 Å². The largest absolute Gasteiger partial charge is 0.487 e. The van der Waals surface area contributed by atoms with E-state index in [1.54, 1.807) is 11.3 Å². The van der Waals surface area contributed by atoms with Gasteiger partial charge >= 0.3 is 0 Å². The molecule has 1 fully saturated rings. The highest BCUT2D eigenvalue weighted by atomic mass is 32.1. The van der Waals surface area contributed by atoms with Crippen molar-refractivity contribution in [3.63, 3.8) is 0 Å². The van der Waals surface area contributed by atoms with Gasteiger partial charge in [0.05, 0.1) is 23.9 Å². The number of likely N-dealkylation sites (N-methyl/N-ethyl adjacent to an activating group) is 1. The molecule has 3 rings (SSSR count). The van der Waals surface area contributed by atoms with Crippen LogP contribution in [0.1, 0.15) is 18.2 Å². The van der Waals surface area contributed by atoms with E-state index in [0.717, 1.165) is 56.3 Å². The van der Waals surface area contributed by atoms with Gasteiger partial charge in [-0.1, -0.05) is 25.1 Å². The maximum atomic E-state index is 5.92. The Morgan fingerprint density at radius 3 is 3.17 bits per heavy atom. The van der Waals surface area contributed by atoms with Crippen molar-refractivity contribution < 1.29 is 9.47 Å². The van der Waals surface area contributed by atoms with Crippen LogP contribution in [0.25, 0.3) is 0 Å². The van der Waals surface area contributed by atoms with Gasteiger partial charge in [-0.25, -0.2) is 4.98 Å². The summed E-state index contributed by atoms with van der Waals surface area (Å²) in [5, 5.41) is 5.52. The number of benzene rings is 1. The molecule has 0 aliphatic carbocycles. The van der Waals surface area contributed by atoms with E-state index >= 15 is 0 Å². The quantitative estimate of drug-likeness (QED) is 0.795. The van der Waals surface area contributed by atoms with Gasteiger partial charge in [-0.2, -0.15) is 0 Å². The van der Waals surface area contributed by atoms with Crippen molar-refractivity contribution in [1.29, 1.82) is 0 Å². The summed E-state index contributed by atoms with van der Waals surface area (Å²) in [7, 11) is 0. The van der Waals surface area contributed by atoms with Gasteiger partial charge in [0, 0.05) is 37.1 Å². The molecule has 0 bridgehead atoms. The third kappa shape index (κ3) is 5.01. The monoisotopic (exact) mass is 347 g/mol. The van der Waals surface area contributed by atoms with Crippen LogP contribution in [0.3, 0.4) is 0 Å². The molecule has 1 aliphatic heterocycles. The summed E-state index contributed by atoms with van der Waals surface area (Å²) in [6.45, 7) is 8.31. The summed E-state index contributed by atoms with van der Waals surface area (Å²) < 4.78 is 11.8. The Morgan fingerprint density at radius 2 is 2.33 bits per heavy atom. The van der Waals surface area contributed by atoms with E-state index in [-0.39, 0.29) is 6.10 Å². The minimum Gasteiger partial charge on any atom is -0.487 e. The molecular weight excluding hydrogens is 322 g/mol. The Bertz CT molecular complexity index is 606. The van der Waals surface area contributed by atoms with E-state index in [9.17, 15) is 0 Å². The third-order valence-corrected chi connectivity index (χ3v) is 4.82. The first kappa shape index (κ1) is 17.4. The van der Waals surface area contributed by atoms with Gasteiger partial charge in [-0.15, -0.1) is 11.3 Å². The second-order valence-electron chi connectivity index (χ2n) is 5.89. The molecule has 2 heterocycles. The Hall–Kier alpha value is -1.47. The zero-order valence-electron chi connectivity index (χ0n) is 14.1. The number of rotatable bonds is 8. The second-order valence-corrected chi connectivity index (χ2v) is 6.61. The molecule has 1 aromatic heterocycles. The highest BCUT2D eigenvalue weighted by Gasteiger charge is 2.18. The molecule has 2 aromatic rings. The molecule has 1 aliphatic rings. The van der Waals surface area contributed by atoms with Crippen molar-refractivity contribution in [3.8, 4) is 5.75 Å². The predicted octanol–water partition coefficient (Wildman–Crippen LogP) is 2.53. The SMILES string of the molecule is CCN1CCOC(CNCc2ccccc2OCc2cscn2)C1.